The highest BCUT2D eigenvalue weighted by Crippen LogP contribution is 2.32. The number of benzene rings is 3. The lowest BCUT2D eigenvalue weighted by atomic mass is 10.1. The minimum absolute atomic E-state index is 0.0226. The van der Waals surface area contributed by atoms with E-state index in [-0.39, 0.29) is 22.9 Å². The molecule has 0 saturated heterocycles. The van der Waals surface area contributed by atoms with Gasteiger partial charge in [0.1, 0.15) is 24.2 Å². The van der Waals surface area contributed by atoms with Crippen molar-refractivity contribution in [2.75, 3.05) is 38.7 Å². The summed E-state index contributed by atoms with van der Waals surface area (Å²) in [4.78, 5) is 27.8. The third-order valence-corrected chi connectivity index (χ3v) is 8.14. The SMILES string of the molecule is CCNC(=O)C(C)N(Cc1ccc(OC)cc1)C(=O)CN(c1ccc(F)cc1)S(=O)(=O)c1ccc(OC)c(OC)c1. The fourth-order valence-electron chi connectivity index (χ4n) is 4.07. The molecule has 0 aliphatic carbocycles. The minimum Gasteiger partial charge on any atom is -0.497 e. The van der Waals surface area contributed by atoms with Crippen LogP contribution in [0.5, 0.6) is 17.2 Å². The third kappa shape index (κ3) is 7.46. The first-order valence-electron chi connectivity index (χ1n) is 12.8. The first-order chi connectivity index (χ1) is 19.5. The van der Waals surface area contributed by atoms with Crippen LogP contribution >= 0.6 is 0 Å². The van der Waals surface area contributed by atoms with Crippen molar-refractivity contribution in [2.45, 2.75) is 31.3 Å². The standard InChI is InChI=1S/C29H34FN3O7S/c1-6-31-29(35)20(2)32(18-21-7-13-24(38-3)14-8-21)28(34)19-33(23-11-9-22(30)10-12-23)41(36,37)25-15-16-26(39-4)27(17-25)40-5/h7-17,20H,6,18-19H2,1-5H3,(H,31,35). The van der Waals surface area contributed by atoms with Crippen molar-refractivity contribution in [1.82, 2.24) is 10.2 Å². The lowest BCUT2D eigenvalue weighted by molar-refractivity contribution is -0.139. The van der Waals surface area contributed by atoms with Crippen LogP contribution in [0.1, 0.15) is 19.4 Å². The number of nitrogens with one attached hydrogen (secondary N) is 1. The molecule has 1 N–H and O–H groups in total. The van der Waals surface area contributed by atoms with Gasteiger partial charge in [0.05, 0.1) is 31.9 Å². The van der Waals surface area contributed by atoms with Gasteiger partial charge in [0, 0.05) is 19.2 Å². The van der Waals surface area contributed by atoms with Crippen LogP contribution < -0.4 is 23.8 Å². The van der Waals surface area contributed by atoms with E-state index in [1.807, 2.05) is 0 Å². The Labute approximate surface area is 239 Å². The molecule has 0 aromatic heterocycles. The summed E-state index contributed by atoms with van der Waals surface area (Å²) in [5, 5.41) is 2.70. The number of methoxy groups -OCH3 is 3. The summed E-state index contributed by atoms with van der Waals surface area (Å²) in [6.07, 6.45) is 0. The molecule has 10 nitrogen and oxygen atoms in total. The van der Waals surface area contributed by atoms with E-state index in [0.29, 0.717) is 23.6 Å². The van der Waals surface area contributed by atoms with Crippen LogP contribution in [0, 0.1) is 5.82 Å². The molecule has 3 rings (SSSR count). The van der Waals surface area contributed by atoms with Crippen molar-refractivity contribution >= 4 is 27.5 Å². The summed E-state index contributed by atoms with van der Waals surface area (Å²) in [6, 6.07) is 14.8. The van der Waals surface area contributed by atoms with Gasteiger partial charge in [0.15, 0.2) is 11.5 Å². The first-order valence-corrected chi connectivity index (χ1v) is 14.2. The Morgan fingerprint density at radius 2 is 1.54 bits per heavy atom. The topological polar surface area (TPSA) is 114 Å². The maximum atomic E-state index is 14.0. The van der Waals surface area contributed by atoms with Gasteiger partial charge in [-0.1, -0.05) is 12.1 Å². The molecule has 0 spiro atoms. The fourth-order valence-corrected chi connectivity index (χ4v) is 5.50. The van der Waals surface area contributed by atoms with Crippen LogP contribution in [0.3, 0.4) is 0 Å². The number of anilines is 1. The summed E-state index contributed by atoms with van der Waals surface area (Å²) >= 11 is 0. The maximum Gasteiger partial charge on any atom is 0.264 e. The second-order valence-corrected chi connectivity index (χ2v) is 10.8. The summed E-state index contributed by atoms with van der Waals surface area (Å²) in [7, 11) is -0.0580. The highest BCUT2D eigenvalue weighted by atomic mass is 32.2. The molecule has 0 radical (unpaired) electrons. The maximum absolute atomic E-state index is 14.0. The first kappa shape index (κ1) is 31.2. The van der Waals surface area contributed by atoms with Crippen LogP contribution in [0.2, 0.25) is 0 Å². The lowest BCUT2D eigenvalue weighted by Gasteiger charge is -2.32. The number of hydrogen-bond donors (Lipinski definition) is 1. The molecule has 0 bridgehead atoms. The summed E-state index contributed by atoms with van der Waals surface area (Å²) in [5.41, 5.74) is 0.760. The molecule has 220 valence electrons. The molecule has 0 saturated carbocycles. The summed E-state index contributed by atoms with van der Waals surface area (Å²) in [6.45, 7) is 3.03. The van der Waals surface area contributed by atoms with E-state index in [0.717, 1.165) is 16.4 Å². The van der Waals surface area contributed by atoms with Crippen LogP contribution in [0.4, 0.5) is 10.1 Å². The molecule has 0 heterocycles. The second-order valence-electron chi connectivity index (χ2n) is 8.95. The zero-order valence-electron chi connectivity index (χ0n) is 23.6. The van der Waals surface area contributed by atoms with Crippen molar-refractivity contribution < 1.29 is 36.6 Å². The van der Waals surface area contributed by atoms with Gasteiger partial charge in [-0.3, -0.25) is 13.9 Å². The fraction of sp³-hybridized carbons (Fsp3) is 0.310. The predicted octanol–water partition coefficient (Wildman–Crippen LogP) is 3.60. The summed E-state index contributed by atoms with van der Waals surface area (Å²) in [5.74, 6) is -0.512. The lowest BCUT2D eigenvalue weighted by Crippen LogP contribution is -2.51. The number of sulfonamides is 1. The van der Waals surface area contributed by atoms with Crippen molar-refractivity contribution in [3.8, 4) is 17.2 Å². The number of rotatable bonds is 13. The van der Waals surface area contributed by atoms with Gasteiger partial charge in [-0.15, -0.1) is 0 Å². The molecule has 12 heteroatoms. The molecule has 41 heavy (non-hydrogen) atoms. The number of carbonyl (C=O) groups is 2. The molecule has 3 aromatic rings. The van der Waals surface area contributed by atoms with E-state index in [4.69, 9.17) is 14.2 Å². The molecule has 1 atom stereocenters. The van der Waals surface area contributed by atoms with Crippen LogP contribution in [0.15, 0.2) is 71.6 Å². The number of likely N-dealkylation sites (N-methyl/N-ethyl adjacent to an activating group) is 1. The van der Waals surface area contributed by atoms with Gasteiger partial charge >= 0.3 is 0 Å². The van der Waals surface area contributed by atoms with Crippen molar-refractivity contribution in [1.29, 1.82) is 0 Å². The van der Waals surface area contributed by atoms with E-state index >= 15 is 0 Å². The number of hydrogen-bond acceptors (Lipinski definition) is 7. The van der Waals surface area contributed by atoms with Gasteiger partial charge in [-0.25, -0.2) is 12.8 Å². The quantitative estimate of drug-likeness (QED) is 0.325. The summed E-state index contributed by atoms with van der Waals surface area (Å²) < 4.78 is 58.2. The van der Waals surface area contributed by atoms with Crippen molar-refractivity contribution in [2.24, 2.45) is 0 Å². The van der Waals surface area contributed by atoms with Crippen LogP contribution in [-0.4, -0.2) is 65.6 Å². The molecule has 0 aliphatic heterocycles. The Balaban J connectivity index is 2.05. The Kier molecular flexibility index (Phi) is 10.5. The zero-order valence-corrected chi connectivity index (χ0v) is 24.4. The third-order valence-electron chi connectivity index (χ3n) is 6.37. The average Bonchev–Trinajstić information content (AvgIpc) is 2.98. The van der Waals surface area contributed by atoms with E-state index < -0.39 is 40.2 Å². The molecule has 3 aromatic carbocycles. The Hall–Kier alpha value is -4.32. The second kappa shape index (κ2) is 13.8. The van der Waals surface area contributed by atoms with E-state index in [9.17, 15) is 22.4 Å². The molecule has 0 fully saturated rings. The zero-order chi connectivity index (χ0) is 30.2. The number of carbonyl (C=O) groups excluding carboxylic acids is 2. The smallest absolute Gasteiger partial charge is 0.264 e. The van der Waals surface area contributed by atoms with E-state index in [1.54, 1.807) is 38.1 Å². The molecule has 1 unspecified atom stereocenters. The Morgan fingerprint density at radius 3 is 2.10 bits per heavy atom. The molecule has 0 aliphatic rings. The van der Waals surface area contributed by atoms with Gasteiger partial charge in [-0.05, 0) is 67.9 Å². The monoisotopic (exact) mass is 587 g/mol. The largest absolute Gasteiger partial charge is 0.497 e. The van der Waals surface area contributed by atoms with E-state index in [2.05, 4.69) is 5.32 Å². The van der Waals surface area contributed by atoms with Gasteiger partial charge in [0.25, 0.3) is 10.0 Å². The molecular formula is C29H34FN3O7S. The van der Waals surface area contributed by atoms with Gasteiger partial charge < -0.3 is 24.4 Å². The normalized spacial score (nSPS) is 11.8. The van der Waals surface area contributed by atoms with E-state index in [1.165, 1.54) is 56.6 Å². The van der Waals surface area contributed by atoms with Gasteiger partial charge in [-0.2, -0.15) is 0 Å². The Morgan fingerprint density at radius 1 is 0.902 bits per heavy atom. The van der Waals surface area contributed by atoms with Gasteiger partial charge in [0.2, 0.25) is 11.8 Å². The number of amides is 2. The average molecular weight is 588 g/mol. The minimum atomic E-state index is -4.38. The van der Waals surface area contributed by atoms with Crippen LogP contribution in [-0.2, 0) is 26.2 Å². The Bertz CT molecular complexity index is 1450. The van der Waals surface area contributed by atoms with Crippen molar-refractivity contribution in [3.05, 3.63) is 78.1 Å². The number of nitrogens with zero attached hydrogens (tertiary/aromatic N) is 2. The highest BCUT2D eigenvalue weighted by molar-refractivity contribution is 7.92. The number of ether oxygens (including phenoxy) is 3. The van der Waals surface area contributed by atoms with Crippen LogP contribution in [0.25, 0.3) is 0 Å². The molecular weight excluding hydrogens is 553 g/mol. The molecule has 2 amide bonds. The number of halogens is 1. The van der Waals surface area contributed by atoms with Crippen molar-refractivity contribution in [3.63, 3.8) is 0 Å². The highest BCUT2D eigenvalue weighted by Gasteiger charge is 2.33. The predicted molar refractivity (Wildman–Crippen MR) is 152 cm³/mol.